The van der Waals surface area contributed by atoms with E-state index < -0.39 is 0 Å². The lowest BCUT2D eigenvalue weighted by Gasteiger charge is -1.98. The molecule has 2 heteroatoms. The summed E-state index contributed by atoms with van der Waals surface area (Å²) in [7, 11) is 0. The van der Waals surface area contributed by atoms with Crippen LogP contribution in [0.2, 0.25) is 0 Å². The molecule has 1 aliphatic carbocycles. The Kier molecular flexibility index (Phi) is 7.06. The van der Waals surface area contributed by atoms with E-state index in [0.717, 1.165) is 13.0 Å². The van der Waals surface area contributed by atoms with Gasteiger partial charge in [-0.15, -0.1) is 19.0 Å². The molecule has 0 saturated carbocycles. The molecule has 0 amide bonds. The molecule has 0 spiro atoms. The van der Waals surface area contributed by atoms with E-state index in [-0.39, 0.29) is 12.4 Å². The van der Waals surface area contributed by atoms with Crippen LogP contribution in [0.15, 0.2) is 61.2 Å². The van der Waals surface area contributed by atoms with E-state index in [0.29, 0.717) is 6.61 Å². The Morgan fingerprint density at radius 3 is 1.90 bits per heavy atom. The lowest BCUT2D eigenvalue weighted by atomic mass is 10.1. The molecule has 0 aromatic heterocycles. The highest BCUT2D eigenvalue weighted by Crippen LogP contribution is 2.35. The lowest BCUT2D eigenvalue weighted by Crippen LogP contribution is -1.86. The summed E-state index contributed by atoms with van der Waals surface area (Å²) in [5, 5.41) is 0. The highest BCUT2D eigenvalue weighted by Gasteiger charge is 2.15. The summed E-state index contributed by atoms with van der Waals surface area (Å²) in [4.78, 5) is 0. The van der Waals surface area contributed by atoms with Gasteiger partial charge in [-0.2, -0.15) is 0 Å². The van der Waals surface area contributed by atoms with Crippen molar-refractivity contribution in [1.29, 1.82) is 0 Å². The van der Waals surface area contributed by atoms with Gasteiger partial charge in [0.05, 0.1) is 6.61 Å². The Balaban J connectivity index is 0.000000250. The van der Waals surface area contributed by atoms with Crippen molar-refractivity contribution in [3.8, 4) is 11.1 Å². The third kappa shape index (κ3) is 3.96. The first-order chi connectivity index (χ1) is 9.36. The standard InChI is InChI=1S/C13H10.C5H10O.ClH/c1-3-7-12-10(5-1)9-11-6-2-4-8-13(11)12;1-3-5-6-4-2;/h1-8H,9H2;3H,1,4-5H2,2H3;1H. The monoisotopic (exact) mass is 288 g/mol. The van der Waals surface area contributed by atoms with Gasteiger partial charge in [0, 0.05) is 6.61 Å². The molecule has 0 atom stereocenters. The Hall–Kier alpha value is -1.57. The quantitative estimate of drug-likeness (QED) is 0.492. The number of benzene rings is 2. The van der Waals surface area contributed by atoms with Crippen molar-refractivity contribution in [2.24, 2.45) is 0 Å². The SMILES string of the molecule is C=CCOCC.Cl.c1ccc2c(c1)Cc1ccccc1-2. The predicted molar refractivity (Wildman–Crippen MR) is 88.6 cm³/mol. The first-order valence-corrected chi connectivity index (χ1v) is 6.71. The van der Waals surface area contributed by atoms with Gasteiger partial charge in [0.2, 0.25) is 0 Å². The first kappa shape index (κ1) is 16.5. The molecule has 2 aromatic rings. The molecule has 0 saturated heterocycles. The minimum Gasteiger partial charge on any atom is -0.378 e. The maximum atomic E-state index is 4.86. The minimum atomic E-state index is 0. The Labute approximate surface area is 127 Å². The van der Waals surface area contributed by atoms with E-state index in [1.807, 2.05) is 6.92 Å². The maximum absolute atomic E-state index is 4.86. The fraction of sp³-hybridized carbons (Fsp3) is 0.222. The van der Waals surface area contributed by atoms with E-state index in [4.69, 9.17) is 4.74 Å². The fourth-order valence-electron chi connectivity index (χ4n) is 2.28. The largest absolute Gasteiger partial charge is 0.378 e. The van der Waals surface area contributed by atoms with Crippen molar-refractivity contribution in [1.82, 2.24) is 0 Å². The Bertz CT molecular complexity index is 505. The molecule has 0 heterocycles. The smallest absolute Gasteiger partial charge is 0.0644 e. The van der Waals surface area contributed by atoms with Crippen molar-refractivity contribution in [2.75, 3.05) is 13.2 Å². The summed E-state index contributed by atoms with van der Waals surface area (Å²) in [6.45, 7) is 6.90. The van der Waals surface area contributed by atoms with Gasteiger partial charge >= 0.3 is 0 Å². The van der Waals surface area contributed by atoms with Gasteiger partial charge in [-0.1, -0.05) is 54.6 Å². The van der Waals surface area contributed by atoms with Crippen LogP contribution in [-0.4, -0.2) is 13.2 Å². The number of fused-ring (bicyclic) bond motifs is 3. The van der Waals surface area contributed by atoms with Gasteiger partial charge in [0.15, 0.2) is 0 Å². The zero-order chi connectivity index (χ0) is 13.5. The highest BCUT2D eigenvalue weighted by atomic mass is 35.5. The molecule has 0 unspecified atom stereocenters. The molecular formula is C18H21ClO. The topological polar surface area (TPSA) is 9.23 Å². The molecular weight excluding hydrogens is 268 g/mol. The van der Waals surface area contributed by atoms with Crippen LogP contribution in [0.4, 0.5) is 0 Å². The first-order valence-electron chi connectivity index (χ1n) is 6.71. The number of halogens is 1. The molecule has 1 aliphatic rings. The molecule has 0 N–H and O–H groups in total. The molecule has 20 heavy (non-hydrogen) atoms. The molecule has 1 nitrogen and oxygen atoms in total. The third-order valence-electron chi connectivity index (χ3n) is 3.15. The van der Waals surface area contributed by atoms with Crippen molar-refractivity contribution in [3.63, 3.8) is 0 Å². The van der Waals surface area contributed by atoms with Gasteiger partial charge in [-0.25, -0.2) is 0 Å². The third-order valence-corrected chi connectivity index (χ3v) is 3.15. The summed E-state index contributed by atoms with van der Waals surface area (Å²) >= 11 is 0. The highest BCUT2D eigenvalue weighted by molar-refractivity contribution is 5.85. The normalized spacial score (nSPS) is 10.4. The number of ether oxygens (including phenoxy) is 1. The maximum Gasteiger partial charge on any atom is 0.0644 e. The van der Waals surface area contributed by atoms with Crippen molar-refractivity contribution in [2.45, 2.75) is 13.3 Å². The molecule has 0 radical (unpaired) electrons. The zero-order valence-corrected chi connectivity index (χ0v) is 12.7. The minimum absolute atomic E-state index is 0. The van der Waals surface area contributed by atoms with Crippen LogP contribution in [0.1, 0.15) is 18.1 Å². The average molecular weight is 289 g/mol. The molecule has 2 aromatic carbocycles. The van der Waals surface area contributed by atoms with Gasteiger partial charge in [0.1, 0.15) is 0 Å². The van der Waals surface area contributed by atoms with Crippen molar-refractivity contribution < 1.29 is 4.74 Å². The van der Waals surface area contributed by atoms with Gasteiger partial charge < -0.3 is 4.74 Å². The molecule has 106 valence electrons. The van der Waals surface area contributed by atoms with Crippen LogP contribution in [0, 0.1) is 0 Å². The van der Waals surface area contributed by atoms with Crippen LogP contribution in [0.25, 0.3) is 11.1 Å². The van der Waals surface area contributed by atoms with E-state index >= 15 is 0 Å². The zero-order valence-electron chi connectivity index (χ0n) is 11.8. The van der Waals surface area contributed by atoms with Crippen LogP contribution in [0.5, 0.6) is 0 Å². The number of hydrogen-bond donors (Lipinski definition) is 0. The predicted octanol–water partition coefficient (Wildman–Crippen LogP) is 4.89. The van der Waals surface area contributed by atoms with Gasteiger partial charge in [-0.3, -0.25) is 0 Å². The van der Waals surface area contributed by atoms with E-state index in [1.54, 1.807) is 6.08 Å². The molecule has 3 rings (SSSR count). The number of rotatable bonds is 3. The molecule has 0 aliphatic heterocycles. The second-order valence-electron chi connectivity index (χ2n) is 4.44. The van der Waals surface area contributed by atoms with Gasteiger partial charge in [-0.05, 0) is 35.6 Å². The average Bonchev–Trinajstić information content (AvgIpc) is 2.84. The van der Waals surface area contributed by atoms with Crippen LogP contribution >= 0.6 is 12.4 Å². The van der Waals surface area contributed by atoms with E-state index in [9.17, 15) is 0 Å². The summed E-state index contributed by atoms with van der Waals surface area (Å²) in [6, 6.07) is 17.3. The number of hydrogen-bond acceptors (Lipinski definition) is 1. The summed E-state index contributed by atoms with van der Waals surface area (Å²) in [6.07, 6.45) is 2.84. The summed E-state index contributed by atoms with van der Waals surface area (Å²) < 4.78 is 4.86. The van der Waals surface area contributed by atoms with Crippen molar-refractivity contribution >= 4 is 12.4 Å². The van der Waals surface area contributed by atoms with Gasteiger partial charge in [0.25, 0.3) is 0 Å². The van der Waals surface area contributed by atoms with E-state index in [2.05, 4.69) is 55.1 Å². The second-order valence-corrected chi connectivity index (χ2v) is 4.44. The summed E-state index contributed by atoms with van der Waals surface area (Å²) in [5.74, 6) is 0. The van der Waals surface area contributed by atoms with Crippen LogP contribution in [-0.2, 0) is 11.2 Å². The summed E-state index contributed by atoms with van der Waals surface area (Å²) in [5.41, 5.74) is 5.75. The van der Waals surface area contributed by atoms with Crippen LogP contribution in [0.3, 0.4) is 0 Å². The molecule has 0 fully saturated rings. The lowest BCUT2D eigenvalue weighted by molar-refractivity contribution is 0.178. The Morgan fingerprint density at radius 1 is 1.00 bits per heavy atom. The Morgan fingerprint density at radius 2 is 1.50 bits per heavy atom. The second kappa shape index (κ2) is 8.57. The van der Waals surface area contributed by atoms with Crippen molar-refractivity contribution in [3.05, 3.63) is 72.3 Å². The van der Waals surface area contributed by atoms with Crippen LogP contribution < -0.4 is 0 Å². The molecule has 0 bridgehead atoms. The van der Waals surface area contributed by atoms with E-state index in [1.165, 1.54) is 22.3 Å². The fourth-order valence-corrected chi connectivity index (χ4v) is 2.28.